The SMILES string of the molecule is COc1cc(CNCCc2ccc(Cl)cc2)ccc1OCc1ccccc1C.Cl. The van der Waals surface area contributed by atoms with Gasteiger partial charge in [-0.25, -0.2) is 0 Å². The molecule has 0 aliphatic carbocycles. The third-order valence-corrected chi connectivity index (χ3v) is 4.96. The summed E-state index contributed by atoms with van der Waals surface area (Å²) in [7, 11) is 1.67. The Morgan fingerprint density at radius 2 is 1.62 bits per heavy atom. The number of hydrogen-bond donors (Lipinski definition) is 1. The summed E-state index contributed by atoms with van der Waals surface area (Å²) in [6, 6.07) is 22.3. The number of aryl methyl sites for hydroxylation is 1. The van der Waals surface area contributed by atoms with Crippen LogP contribution >= 0.6 is 24.0 Å². The molecule has 0 saturated carbocycles. The summed E-state index contributed by atoms with van der Waals surface area (Å²) in [5.74, 6) is 1.52. The van der Waals surface area contributed by atoms with E-state index in [9.17, 15) is 0 Å². The van der Waals surface area contributed by atoms with Crippen molar-refractivity contribution in [2.75, 3.05) is 13.7 Å². The number of methoxy groups -OCH3 is 1. The molecule has 0 bridgehead atoms. The molecule has 3 nitrogen and oxygen atoms in total. The van der Waals surface area contributed by atoms with Crippen molar-refractivity contribution >= 4 is 24.0 Å². The molecule has 0 aliphatic rings. The molecule has 1 N–H and O–H groups in total. The minimum absolute atomic E-state index is 0. The highest BCUT2D eigenvalue weighted by atomic mass is 35.5. The first-order chi connectivity index (χ1) is 13.7. The maximum atomic E-state index is 5.99. The van der Waals surface area contributed by atoms with Crippen molar-refractivity contribution in [3.05, 3.63) is 94.0 Å². The molecule has 154 valence electrons. The zero-order valence-electron chi connectivity index (χ0n) is 16.8. The zero-order valence-corrected chi connectivity index (χ0v) is 18.4. The Kier molecular flexibility index (Phi) is 9.33. The van der Waals surface area contributed by atoms with Crippen LogP contribution in [0.15, 0.2) is 66.7 Å². The fourth-order valence-corrected chi connectivity index (χ4v) is 3.11. The molecule has 3 aromatic carbocycles. The maximum absolute atomic E-state index is 5.99. The summed E-state index contributed by atoms with van der Waals surface area (Å²) in [4.78, 5) is 0. The molecule has 3 aromatic rings. The quantitative estimate of drug-likeness (QED) is 0.422. The Balaban J connectivity index is 0.00000300. The van der Waals surface area contributed by atoms with Crippen LogP contribution in [0.4, 0.5) is 0 Å². The van der Waals surface area contributed by atoms with Crippen LogP contribution in [0.5, 0.6) is 11.5 Å². The van der Waals surface area contributed by atoms with Crippen LogP contribution in [0.25, 0.3) is 0 Å². The van der Waals surface area contributed by atoms with Gasteiger partial charge >= 0.3 is 0 Å². The van der Waals surface area contributed by atoms with Gasteiger partial charge in [0.2, 0.25) is 0 Å². The Hall–Kier alpha value is -2.20. The van der Waals surface area contributed by atoms with Crippen molar-refractivity contribution in [3.63, 3.8) is 0 Å². The molecule has 0 radical (unpaired) electrons. The monoisotopic (exact) mass is 431 g/mol. The van der Waals surface area contributed by atoms with E-state index in [1.807, 2.05) is 36.4 Å². The minimum atomic E-state index is 0. The molecule has 0 aromatic heterocycles. The Morgan fingerprint density at radius 3 is 2.34 bits per heavy atom. The number of ether oxygens (including phenoxy) is 2. The maximum Gasteiger partial charge on any atom is 0.161 e. The van der Waals surface area contributed by atoms with Crippen molar-refractivity contribution in [1.29, 1.82) is 0 Å². The lowest BCUT2D eigenvalue weighted by molar-refractivity contribution is 0.283. The van der Waals surface area contributed by atoms with E-state index in [0.29, 0.717) is 6.61 Å². The van der Waals surface area contributed by atoms with Crippen molar-refractivity contribution in [2.24, 2.45) is 0 Å². The summed E-state index contributed by atoms with van der Waals surface area (Å²) in [6.07, 6.45) is 0.964. The van der Waals surface area contributed by atoms with Crippen molar-refractivity contribution in [2.45, 2.75) is 26.5 Å². The fraction of sp³-hybridized carbons (Fsp3) is 0.250. The van der Waals surface area contributed by atoms with Crippen LogP contribution in [0.3, 0.4) is 0 Å². The van der Waals surface area contributed by atoms with Crippen LogP contribution in [0.1, 0.15) is 22.3 Å². The molecule has 5 heteroatoms. The predicted molar refractivity (Wildman–Crippen MR) is 123 cm³/mol. The average Bonchev–Trinajstić information content (AvgIpc) is 2.72. The molecule has 0 atom stereocenters. The molecule has 0 spiro atoms. The first-order valence-electron chi connectivity index (χ1n) is 9.45. The van der Waals surface area contributed by atoms with Gasteiger partial charge in [-0.3, -0.25) is 0 Å². The van der Waals surface area contributed by atoms with Crippen LogP contribution in [-0.4, -0.2) is 13.7 Å². The third-order valence-electron chi connectivity index (χ3n) is 4.71. The first-order valence-corrected chi connectivity index (χ1v) is 9.83. The Morgan fingerprint density at radius 1 is 0.897 bits per heavy atom. The fourth-order valence-electron chi connectivity index (χ4n) is 2.99. The van der Waals surface area contributed by atoms with E-state index in [0.717, 1.165) is 41.6 Å². The number of benzene rings is 3. The summed E-state index contributed by atoms with van der Waals surface area (Å²) in [5.41, 5.74) is 4.84. The molecule has 0 saturated heterocycles. The zero-order chi connectivity index (χ0) is 19.8. The van der Waals surface area contributed by atoms with Crippen LogP contribution in [0.2, 0.25) is 5.02 Å². The van der Waals surface area contributed by atoms with Gasteiger partial charge in [-0.05, 0) is 66.4 Å². The summed E-state index contributed by atoms with van der Waals surface area (Å²) >= 11 is 5.92. The third kappa shape index (κ3) is 6.97. The van der Waals surface area contributed by atoms with Crippen molar-refractivity contribution in [3.8, 4) is 11.5 Å². The Bertz CT molecular complexity index is 898. The van der Waals surface area contributed by atoms with Gasteiger partial charge in [-0.15, -0.1) is 12.4 Å². The number of rotatable bonds is 9. The molecule has 0 heterocycles. The van der Waals surface area contributed by atoms with E-state index < -0.39 is 0 Å². The lowest BCUT2D eigenvalue weighted by Gasteiger charge is -2.13. The number of halogens is 2. The first kappa shape index (κ1) is 23.1. The second-order valence-corrected chi connectivity index (χ2v) is 7.19. The predicted octanol–water partition coefficient (Wildman–Crippen LogP) is 5.99. The summed E-state index contributed by atoms with van der Waals surface area (Å²) < 4.78 is 11.5. The number of nitrogens with one attached hydrogen (secondary N) is 1. The van der Waals surface area contributed by atoms with Gasteiger partial charge < -0.3 is 14.8 Å². The lowest BCUT2D eigenvalue weighted by Crippen LogP contribution is -2.16. The minimum Gasteiger partial charge on any atom is -0.493 e. The molecule has 0 aliphatic heterocycles. The van der Waals surface area contributed by atoms with Crippen LogP contribution in [-0.2, 0) is 19.6 Å². The van der Waals surface area contributed by atoms with E-state index >= 15 is 0 Å². The van der Waals surface area contributed by atoms with Gasteiger partial charge in [0.1, 0.15) is 6.61 Å². The van der Waals surface area contributed by atoms with Crippen LogP contribution < -0.4 is 14.8 Å². The highest BCUT2D eigenvalue weighted by molar-refractivity contribution is 6.30. The van der Waals surface area contributed by atoms with Gasteiger partial charge in [-0.1, -0.05) is 54.1 Å². The van der Waals surface area contributed by atoms with E-state index in [1.54, 1.807) is 7.11 Å². The molecule has 0 fully saturated rings. The molecule has 29 heavy (non-hydrogen) atoms. The lowest BCUT2D eigenvalue weighted by atomic mass is 10.1. The van der Waals surface area contributed by atoms with E-state index in [-0.39, 0.29) is 12.4 Å². The van der Waals surface area contributed by atoms with Crippen molar-refractivity contribution in [1.82, 2.24) is 5.32 Å². The average molecular weight is 432 g/mol. The van der Waals surface area contributed by atoms with E-state index in [1.165, 1.54) is 16.7 Å². The van der Waals surface area contributed by atoms with Gasteiger partial charge in [-0.2, -0.15) is 0 Å². The van der Waals surface area contributed by atoms with Crippen molar-refractivity contribution < 1.29 is 9.47 Å². The van der Waals surface area contributed by atoms with E-state index in [2.05, 4.69) is 42.6 Å². The molecule has 3 rings (SSSR count). The smallest absolute Gasteiger partial charge is 0.161 e. The normalized spacial score (nSPS) is 10.3. The van der Waals surface area contributed by atoms with Gasteiger partial charge in [0.25, 0.3) is 0 Å². The molecular weight excluding hydrogens is 405 g/mol. The number of hydrogen-bond acceptors (Lipinski definition) is 3. The van der Waals surface area contributed by atoms with Gasteiger partial charge in [0.05, 0.1) is 7.11 Å². The standard InChI is InChI=1S/C24H26ClNO2.ClH/c1-18-5-3-4-6-21(18)17-28-23-12-9-20(15-24(23)27-2)16-26-14-13-19-7-10-22(25)11-8-19;/h3-12,15,26H,13-14,16-17H2,1-2H3;1H. The largest absolute Gasteiger partial charge is 0.493 e. The molecular formula is C24H27Cl2NO2. The summed E-state index contributed by atoms with van der Waals surface area (Å²) in [6.45, 7) is 4.30. The highest BCUT2D eigenvalue weighted by Gasteiger charge is 2.07. The Labute approximate surface area is 184 Å². The summed E-state index contributed by atoms with van der Waals surface area (Å²) in [5, 5.41) is 4.24. The second kappa shape index (κ2) is 11.7. The highest BCUT2D eigenvalue weighted by Crippen LogP contribution is 2.29. The molecule has 0 unspecified atom stereocenters. The molecule has 0 amide bonds. The van der Waals surface area contributed by atoms with Crippen LogP contribution in [0, 0.1) is 6.92 Å². The van der Waals surface area contributed by atoms with Gasteiger partial charge in [0.15, 0.2) is 11.5 Å². The topological polar surface area (TPSA) is 30.5 Å². The van der Waals surface area contributed by atoms with Gasteiger partial charge in [0, 0.05) is 11.6 Å². The second-order valence-electron chi connectivity index (χ2n) is 6.75. The van der Waals surface area contributed by atoms with E-state index in [4.69, 9.17) is 21.1 Å².